The molecular formula is C19H16N4O2S. The molecule has 4 aromatic rings. The van der Waals surface area contributed by atoms with Gasteiger partial charge in [-0.2, -0.15) is 0 Å². The van der Waals surface area contributed by atoms with E-state index in [-0.39, 0.29) is 0 Å². The number of hydrogen-bond acceptors (Lipinski definition) is 6. The molecule has 0 aliphatic carbocycles. The maximum Gasteiger partial charge on any atom is 0.162 e. The monoisotopic (exact) mass is 364 g/mol. The molecule has 5 rings (SSSR count). The molecular weight excluding hydrogens is 348 g/mol. The minimum Gasteiger partial charge on any atom is -0.378 e. The number of ether oxygens (including phenoxy) is 1. The number of carbonyl (C=O) groups excluding carboxylic acids is 1. The van der Waals surface area contributed by atoms with Gasteiger partial charge in [0.25, 0.3) is 0 Å². The average Bonchev–Trinajstić information content (AvgIpc) is 3.34. The van der Waals surface area contributed by atoms with Crippen molar-refractivity contribution in [2.75, 3.05) is 31.2 Å². The van der Waals surface area contributed by atoms with E-state index < -0.39 is 0 Å². The largest absolute Gasteiger partial charge is 0.378 e. The lowest BCUT2D eigenvalue weighted by Crippen LogP contribution is -2.36. The van der Waals surface area contributed by atoms with Gasteiger partial charge in [0.05, 0.1) is 28.3 Å². The summed E-state index contributed by atoms with van der Waals surface area (Å²) in [7, 11) is 0. The molecule has 3 aromatic heterocycles. The van der Waals surface area contributed by atoms with Crippen LogP contribution in [0.15, 0.2) is 36.5 Å². The number of morpholine rings is 1. The first-order valence-corrected chi connectivity index (χ1v) is 9.31. The van der Waals surface area contributed by atoms with Crippen molar-refractivity contribution < 1.29 is 9.53 Å². The van der Waals surface area contributed by atoms with E-state index in [2.05, 4.69) is 9.88 Å². The molecule has 0 saturated carbocycles. The Morgan fingerprint density at radius 2 is 2.08 bits per heavy atom. The zero-order valence-electron chi connectivity index (χ0n) is 13.9. The van der Waals surface area contributed by atoms with E-state index in [0.717, 1.165) is 51.9 Å². The average molecular weight is 364 g/mol. The highest BCUT2D eigenvalue weighted by atomic mass is 32.1. The van der Waals surface area contributed by atoms with Crippen LogP contribution in [0.2, 0.25) is 0 Å². The van der Waals surface area contributed by atoms with Gasteiger partial charge in [-0.05, 0) is 18.2 Å². The molecule has 26 heavy (non-hydrogen) atoms. The molecule has 0 spiro atoms. The van der Waals surface area contributed by atoms with Crippen LogP contribution in [-0.4, -0.2) is 47.5 Å². The number of benzene rings is 1. The van der Waals surface area contributed by atoms with Crippen molar-refractivity contribution in [2.24, 2.45) is 0 Å². The number of nitrogens with zero attached hydrogens (tertiary/aromatic N) is 3. The van der Waals surface area contributed by atoms with E-state index in [1.165, 1.54) is 11.3 Å². The summed E-state index contributed by atoms with van der Waals surface area (Å²) in [5.74, 6) is 1.57. The van der Waals surface area contributed by atoms with Gasteiger partial charge in [-0.25, -0.2) is 9.97 Å². The van der Waals surface area contributed by atoms with E-state index in [1.807, 2.05) is 36.5 Å². The highest BCUT2D eigenvalue weighted by molar-refractivity contribution is 7.21. The molecule has 1 saturated heterocycles. The first-order valence-electron chi connectivity index (χ1n) is 8.49. The van der Waals surface area contributed by atoms with Gasteiger partial charge < -0.3 is 14.6 Å². The number of hydrogen-bond donors (Lipinski definition) is 1. The van der Waals surface area contributed by atoms with Crippen molar-refractivity contribution in [1.82, 2.24) is 15.0 Å². The molecule has 1 fully saturated rings. The fraction of sp³-hybridized carbons (Fsp3) is 0.211. The summed E-state index contributed by atoms with van der Waals surface area (Å²) in [6.45, 7) is 2.93. The standard InChI is InChI=1S/C19H16N4O2S/c24-11-12-10-16-17(26-12)19(23-6-8-25-9-7-23)22-18(21-16)14-2-1-3-15-13(14)4-5-20-15/h1-5,10-11,20H,6-9H2. The molecule has 0 atom stereocenters. The zero-order chi connectivity index (χ0) is 17.5. The summed E-state index contributed by atoms with van der Waals surface area (Å²) < 4.78 is 6.44. The highest BCUT2D eigenvalue weighted by Gasteiger charge is 2.20. The van der Waals surface area contributed by atoms with Gasteiger partial charge in [-0.3, -0.25) is 4.79 Å². The lowest BCUT2D eigenvalue weighted by molar-refractivity contribution is 0.112. The summed E-state index contributed by atoms with van der Waals surface area (Å²) in [5, 5.41) is 1.09. The molecule has 6 nitrogen and oxygen atoms in total. The first-order chi connectivity index (χ1) is 12.8. The van der Waals surface area contributed by atoms with E-state index in [9.17, 15) is 4.79 Å². The SMILES string of the molecule is O=Cc1cc2nc(-c3cccc4[nH]ccc34)nc(N3CCOCC3)c2s1. The topological polar surface area (TPSA) is 71.1 Å². The molecule has 1 aromatic carbocycles. The molecule has 0 radical (unpaired) electrons. The van der Waals surface area contributed by atoms with Crippen LogP contribution in [-0.2, 0) is 4.74 Å². The van der Waals surface area contributed by atoms with E-state index >= 15 is 0 Å². The molecule has 1 aliphatic heterocycles. The van der Waals surface area contributed by atoms with Crippen molar-refractivity contribution in [3.8, 4) is 11.4 Å². The second kappa shape index (κ2) is 6.19. The van der Waals surface area contributed by atoms with Gasteiger partial charge in [-0.1, -0.05) is 12.1 Å². The number of aromatic nitrogens is 3. The van der Waals surface area contributed by atoms with Gasteiger partial charge in [0.15, 0.2) is 17.9 Å². The number of fused-ring (bicyclic) bond motifs is 2. The number of rotatable bonds is 3. The Balaban J connectivity index is 1.75. The second-order valence-corrected chi connectivity index (χ2v) is 7.28. The first kappa shape index (κ1) is 15.5. The Morgan fingerprint density at radius 3 is 2.92 bits per heavy atom. The van der Waals surface area contributed by atoms with Crippen LogP contribution in [0.1, 0.15) is 9.67 Å². The number of aldehydes is 1. The van der Waals surface area contributed by atoms with Gasteiger partial charge in [0, 0.05) is 35.8 Å². The number of nitrogens with one attached hydrogen (secondary N) is 1. The molecule has 4 heterocycles. The summed E-state index contributed by atoms with van der Waals surface area (Å²) in [6.07, 6.45) is 2.80. The number of aromatic amines is 1. The van der Waals surface area contributed by atoms with Gasteiger partial charge in [-0.15, -0.1) is 11.3 Å². The summed E-state index contributed by atoms with van der Waals surface area (Å²) in [6, 6.07) is 9.96. The quantitative estimate of drug-likeness (QED) is 0.564. The van der Waals surface area contributed by atoms with Gasteiger partial charge in [0.2, 0.25) is 0 Å². The number of thiophene rings is 1. The third kappa shape index (κ3) is 2.48. The van der Waals surface area contributed by atoms with E-state index in [1.54, 1.807) is 0 Å². The summed E-state index contributed by atoms with van der Waals surface area (Å²) in [4.78, 5) is 27.1. The molecule has 0 unspecified atom stereocenters. The van der Waals surface area contributed by atoms with Crippen molar-refractivity contribution in [1.29, 1.82) is 0 Å². The van der Waals surface area contributed by atoms with Crippen molar-refractivity contribution in [2.45, 2.75) is 0 Å². The van der Waals surface area contributed by atoms with Crippen LogP contribution in [0.3, 0.4) is 0 Å². The molecule has 1 aliphatic rings. The second-order valence-electron chi connectivity index (χ2n) is 6.20. The minimum absolute atomic E-state index is 0.667. The predicted octanol–water partition coefficient (Wildman–Crippen LogP) is 3.49. The Morgan fingerprint density at radius 1 is 1.19 bits per heavy atom. The maximum absolute atomic E-state index is 11.3. The van der Waals surface area contributed by atoms with Gasteiger partial charge >= 0.3 is 0 Å². The fourth-order valence-corrected chi connectivity index (χ4v) is 4.31. The summed E-state index contributed by atoms with van der Waals surface area (Å²) in [5.41, 5.74) is 2.85. The van der Waals surface area contributed by atoms with Crippen molar-refractivity contribution in [3.63, 3.8) is 0 Å². The predicted molar refractivity (Wildman–Crippen MR) is 103 cm³/mol. The van der Waals surface area contributed by atoms with Crippen LogP contribution >= 0.6 is 11.3 Å². The smallest absolute Gasteiger partial charge is 0.162 e. The fourth-order valence-electron chi connectivity index (χ4n) is 3.38. The number of anilines is 1. The van der Waals surface area contributed by atoms with Gasteiger partial charge in [0.1, 0.15) is 0 Å². The lowest BCUT2D eigenvalue weighted by Gasteiger charge is -2.28. The maximum atomic E-state index is 11.3. The highest BCUT2D eigenvalue weighted by Crippen LogP contribution is 2.35. The van der Waals surface area contributed by atoms with Crippen LogP contribution in [0, 0.1) is 0 Å². The number of carbonyl (C=O) groups is 1. The molecule has 130 valence electrons. The Kier molecular flexibility index (Phi) is 3.69. The van der Waals surface area contributed by atoms with Crippen molar-refractivity contribution >= 4 is 44.6 Å². The molecule has 0 amide bonds. The molecule has 7 heteroatoms. The van der Waals surface area contributed by atoms with E-state index in [0.29, 0.717) is 23.9 Å². The Hall–Kier alpha value is -2.77. The van der Waals surface area contributed by atoms with E-state index in [4.69, 9.17) is 14.7 Å². The Labute approximate surface area is 153 Å². The normalized spacial score (nSPS) is 15.0. The third-order valence-electron chi connectivity index (χ3n) is 4.64. The summed E-state index contributed by atoms with van der Waals surface area (Å²) >= 11 is 1.45. The van der Waals surface area contributed by atoms with Crippen LogP contribution in [0.4, 0.5) is 5.82 Å². The van der Waals surface area contributed by atoms with Crippen LogP contribution in [0.25, 0.3) is 32.5 Å². The number of H-pyrrole nitrogens is 1. The van der Waals surface area contributed by atoms with Crippen molar-refractivity contribution in [3.05, 3.63) is 41.4 Å². The lowest BCUT2D eigenvalue weighted by atomic mass is 10.1. The van der Waals surface area contributed by atoms with Crippen LogP contribution < -0.4 is 4.90 Å². The minimum atomic E-state index is 0.667. The molecule has 1 N–H and O–H groups in total. The zero-order valence-corrected chi connectivity index (χ0v) is 14.8. The van der Waals surface area contributed by atoms with Crippen LogP contribution in [0.5, 0.6) is 0 Å². The third-order valence-corrected chi connectivity index (χ3v) is 5.68. The Bertz CT molecular complexity index is 1110. The molecule has 0 bridgehead atoms.